The molecule has 2 N–H and O–H groups in total. The first kappa shape index (κ1) is 17.1. The van der Waals surface area contributed by atoms with E-state index >= 15 is 0 Å². The number of carboxylic acids is 1. The second kappa shape index (κ2) is 9.08. The summed E-state index contributed by atoms with van der Waals surface area (Å²) in [7, 11) is 1.69. The number of nitrogens with one attached hydrogen (secondary N) is 1. The molecule has 0 spiro atoms. The maximum Gasteiger partial charge on any atom is 0.326 e. The Morgan fingerprint density at radius 3 is 2.50 bits per heavy atom. The monoisotopic (exact) mass is 276 g/mol. The summed E-state index contributed by atoms with van der Waals surface area (Å²) in [6.45, 7) is 4.38. The molecule has 2 unspecified atom stereocenters. The molecule has 0 fully saturated rings. The van der Waals surface area contributed by atoms with Gasteiger partial charge in [-0.3, -0.25) is 0 Å². The number of carbonyl (C=O) groups is 2. The third-order valence-electron chi connectivity index (χ3n) is 2.95. The van der Waals surface area contributed by atoms with Crippen molar-refractivity contribution in [2.75, 3.05) is 25.6 Å². The fraction of sp³-hybridized carbons (Fsp3) is 0.833. The average molecular weight is 276 g/mol. The van der Waals surface area contributed by atoms with E-state index in [0.717, 1.165) is 12.2 Å². The third-order valence-corrected chi connectivity index (χ3v) is 3.64. The van der Waals surface area contributed by atoms with Crippen molar-refractivity contribution >= 4 is 23.8 Å². The molecule has 0 aromatic rings. The molecule has 0 bridgehead atoms. The van der Waals surface area contributed by atoms with Gasteiger partial charge in [-0.05, 0) is 24.3 Å². The normalized spacial score (nSPS) is 13.8. The van der Waals surface area contributed by atoms with Gasteiger partial charge in [-0.15, -0.1) is 0 Å². The number of carboxylic acid groups (broad SMARTS) is 1. The van der Waals surface area contributed by atoms with E-state index in [1.54, 1.807) is 18.8 Å². The van der Waals surface area contributed by atoms with Crippen LogP contribution in [-0.4, -0.2) is 53.6 Å². The first-order valence-corrected chi connectivity index (χ1v) is 7.56. The topological polar surface area (TPSA) is 69.6 Å². The Labute approximate surface area is 113 Å². The second-order valence-electron chi connectivity index (χ2n) is 4.42. The van der Waals surface area contributed by atoms with Gasteiger partial charge in [0.2, 0.25) is 0 Å². The van der Waals surface area contributed by atoms with Gasteiger partial charge in [-0.2, -0.15) is 11.8 Å². The Morgan fingerprint density at radius 2 is 2.06 bits per heavy atom. The highest BCUT2D eigenvalue weighted by atomic mass is 32.2. The van der Waals surface area contributed by atoms with Crippen LogP contribution in [0.3, 0.4) is 0 Å². The van der Waals surface area contributed by atoms with Crippen LogP contribution in [0.15, 0.2) is 0 Å². The fourth-order valence-electron chi connectivity index (χ4n) is 1.47. The smallest absolute Gasteiger partial charge is 0.326 e. The van der Waals surface area contributed by atoms with Crippen LogP contribution in [0.2, 0.25) is 0 Å². The summed E-state index contributed by atoms with van der Waals surface area (Å²) >= 11 is 1.73. The molecule has 6 heteroatoms. The molecule has 0 heterocycles. The molecule has 0 aliphatic rings. The lowest BCUT2D eigenvalue weighted by molar-refractivity contribution is -0.140. The average Bonchev–Trinajstić information content (AvgIpc) is 2.34. The van der Waals surface area contributed by atoms with E-state index in [4.69, 9.17) is 5.11 Å². The molecular formula is C12H24N2O3S. The Balaban J connectivity index is 4.28. The summed E-state index contributed by atoms with van der Waals surface area (Å²) in [4.78, 5) is 24.4. The lowest BCUT2D eigenvalue weighted by Crippen LogP contribution is -2.49. The van der Waals surface area contributed by atoms with E-state index in [1.807, 2.05) is 20.1 Å². The molecule has 5 nitrogen and oxygen atoms in total. The van der Waals surface area contributed by atoms with Crippen molar-refractivity contribution in [2.45, 2.75) is 32.7 Å². The van der Waals surface area contributed by atoms with E-state index in [9.17, 15) is 9.59 Å². The molecule has 0 saturated heterocycles. The molecule has 106 valence electrons. The highest BCUT2D eigenvalue weighted by molar-refractivity contribution is 7.98. The van der Waals surface area contributed by atoms with Crippen molar-refractivity contribution < 1.29 is 14.7 Å². The number of aliphatic carboxylic acids is 1. The highest BCUT2D eigenvalue weighted by Gasteiger charge is 2.26. The minimum atomic E-state index is -0.977. The molecule has 2 amide bonds. The van der Waals surface area contributed by atoms with Crippen LogP contribution in [0.1, 0.15) is 26.7 Å². The van der Waals surface area contributed by atoms with Crippen molar-refractivity contribution in [3.63, 3.8) is 0 Å². The van der Waals surface area contributed by atoms with Gasteiger partial charge in [0.25, 0.3) is 0 Å². The molecule has 0 radical (unpaired) electrons. The predicted octanol–water partition coefficient (Wildman–Crippen LogP) is 1.88. The SMILES string of the molecule is CCC(C)C(NC(=O)N(C)CCCSC)C(=O)O. The van der Waals surface area contributed by atoms with Crippen LogP contribution in [0.5, 0.6) is 0 Å². The van der Waals surface area contributed by atoms with Crippen LogP contribution in [-0.2, 0) is 4.79 Å². The van der Waals surface area contributed by atoms with Gasteiger partial charge >= 0.3 is 12.0 Å². The number of amides is 2. The standard InChI is InChI=1S/C12H24N2O3S/c1-5-9(2)10(11(15)16)13-12(17)14(3)7-6-8-18-4/h9-10H,5-8H2,1-4H3,(H,13,17)(H,15,16). The van der Waals surface area contributed by atoms with Crippen molar-refractivity contribution in [1.29, 1.82) is 0 Å². The maximum atomic E-state index is 11.8. The third kappa shape index (κ3) is 6.14. The Bertz CT molecular complexity index is 274. The zero-order chi connectivity index (χ0) is 14.1. The maximum absolute atomic E-state index is 11.8. The second-order valence-corrected chi connectivity index (χ2v) is 5.40. The summed E-state index contributed by atoms with van der Waals surface area (Å²) in [6, 6.07) is -1.13. The molecule has 0 aliphatic heterocycles. The van der Waals surface area contributed by atoms with Gasteiger partial charge in [-0.1, -0.05) is 20.3 Å². The molecule has 0 rings (SSSR count). The van der Waals surface area contributed by atoms with Gasteiger partial charge in [0.1, 0.15) is 6.04 Å². The first-order chi connectivity index (χ1) is 8.43. The fourth-order valence-corrected chi connectivity index (χ4v) is 1.89. The molecule has 0 aromatic heterocycles. The van der Waals surface area contributed by atoms with Gasteiger partial charge in [0.15, 0.2) is 0 Å². The molecule has 0 saturated carbocycles. The van der Waals surface area contributed by atoms with E-state index in [2.05, 4.69) is 5.32 Å². The minimum absolute atomic E-state index is 0.0777. The minimum Gasteiger partial charge on any atom is -0.480 e. The van der Waals surface area contributed by atoms with Crippen LogP contribution < -0.4 is 5.32 Å². The highest BCUT2D eigenvalue weighted by Crippen LogP contribution is 2.08. The van der Waals surface area contributed by atoms with Crippen LogP contribution in [0, 0.1) is 5.92 Å². The predicted molar refractivity (Wildman–Crippen MR) is 75.0 cm³/mol. The molecule has 0 aliphatic carbocycles. The van der Waals surface area contributed by atoms with Gasteiger partial charge in [0, 0.05) is 13.6 Å². The summed E-state index contributed by atoms with van der Waals surface area (Å²) in [5.41, 5.74) is 0. The van der Waals surface area contributed by atoms with Crippen molar-refractivity contribution in [3.8, 4) is 0 Å². The van der Waals surface area contributed by atoms with Crippen molar-refractivity contribution in [3.05, 3.63) is 0 Å². The zero-order valence-electron chi connectivity index (χ0n) is 11.6. The Hall–Kier alpha value is -0.910. The van der Waals surface area contributed by atoms with Crippen LogP contribution in [0.4, 0.5) is 4.79 Å². The molecule has 18 heavy (non-hydrogen) atoms. The van der Waals surface area contributed by atoms with Crippen molar-refractivity contribution in [2.24, 2.45) is 5.92 Å². The summed E-state index contributed by atoms with van der Waals surface area (Å²) in [5, 5.41) is 11.7. The lowest BCUT2D eigenvalue weighted by Gasteiger charge is -2.24. The summed E-state index contributed by atoms with van der Waals surface area (Å²) < 4.78 is 0. The first-order valence-electron chi connectivity index (χ1n) is 6.17. The number of thioether (sulfide) groups is 1. The number of urea groups is 1. The zero-order valence-corrected chi connectivity index (χ0v) is 12.4. The molecular weight excluding hydrogens is 252 g/mol. The van der Waals surface area contributed by atoms with Crippen molar-refractivity contribution in [1.82, 2.24) is 10.2 Å². The van der Waals surface area contributed by atoms with Gasteiger partial charge < -0.3 is 15.3 Å². The van der Waals surface area contributed by atoms with E-state index in [1.165, 1.54) is 4.90 Å². The largest absolute Gasteiger partial charge is 0.480 e. The van der Waals surface area contributed by atoms with Crippen LogP contribution >= 0.6 is 11.8 Å². The number of carbonyl (C=O) groups excluding carboxylic acids is 1. The molecule has 2 atom stereocenters. The number of hydrogen-bond donors (Lipinski definition) is 2. The lowest BCUT2D eigenvalue weighted by atomic mass is 9.99. The van der Waals surface area contributed by atoms with Gasteiger partial charge in [0.05, 0.1) is 0 Å². The number of hydrogen-bond acceptors (Lipinski definition) is 3. The van der Waals surface area contributed by atoms with E-state index in [-0.39, 0.29) is 11.9 Å². The van der Waals surface area contributed by atoms with Crippen LogP contribution in [0.25, 0.3) is 0 Å². The number of rotatable bonds is 8. The Morgan fingerprint density at radius 1 is 1.44 bits per heavy atom. The number of nitrogens with zero attached hydrogens (tertiary/aromatic N) is 1. The van der Waals surface area contributed by atoms with E-state index < -0.39 is 12.0 Å². The molecule has 0 aromatic carbocycles. The van der Waals surface area contributed by atoms with Gasteiger partial charge in [-0.25, -0.2) is 9.59 Å². The Kier molecular flexibility index (Phi) is 8.62. The summed E-state index contributed by atoms with van der Waals surface area (Å²) in [6.07, 6.45) is 3.64. The summed E-state index contributed by atoms with van der Waals surface area (Å²) in [5.74, 6) is -0.0630. The van der Waals surface area contributed by atoms with E-state index in [0.29, 0.717) is 13.0 Å². The quantitative estimate of drug-likeness (QED) is 0.664.